The topological polar surface area (TPSA) is 111 Å². The van der Waals surface area contributed by atoms with Crippen LogP contribution in [0.4, 0.5) is 0 Å². The minimum atomic E-state index is -3.10. The average molecular weight is 357 g/mol. The minimum absolute atomic E-state index is 0.00596. The molecule has 8 nitrogen and oxygen atoms in total. The normalized spacial score (nSPS) is 27.5. The van der Waals surface area contributed by atoms with E-state index in [9.17, 15) is 13.2 Å². The summed E-state index contributed by atoms with van der Waals surface area (Å²) in [7, 11) is 0.703. The maximum atomic E-state index is 12.3. The summed E-state index contributed by atoms with van der Waals surface area (Å²) in [6, 6.07) is 3.49. The molecule has 0 bridgehead atoms. The van der Waals surface area contributed by atoms with E-state index in [0.29, 0.717) is 18.8 Å². The lowest BCUT2D eigenvalue weighted by Crippen LogP contribution is -2.38. The number of amides is 1. The van der Waals surface area contributed by atoms with Gasteiger partial charge in [0.25, 0.3) is 11.9 Å². The molecule has 2 saturated heterocycles. The van der Waals surface area contributed by atoms with Crippen molar-refractivity contribution in [3.05, 3.63) is 24.0 Å². The Bertz CT molecular complexity index is 695. The molecule has 9 heteroatoms. The molecular formula is C15H23N3O5S. The zero-order chi connectivity index (χ0) is 18.1. The van der Waals surface area contributed by atoms with E-state index >= 15 is 0 Å². The molecule has 0 aliphatic carbocycles. The van der Waals surface area contributed by atoms with Crippen LogP contribution in [0.25, 0.3) is 0 Å². The Morgan fingerprint density at radius 3 is 2.46 bits per heavy atom. The fourth-order valence-corrected chi connectivity index (χ4v) is 5.84. The van der Waals surface area contributed by atoms with Gasteiger partial charge in [-0.3, -0.25) is 9.59 Å². The fraction of sp³-hybridized carbons (Fsp3) is 0.600. The molecule has 0 radical (unpaired) electrons. The van der Waals surface area contributed by atoms with Crippen molar-refractivity contribution >= 4 is 21.7 Å². The van der Waals surface area contributed by atoms with Crippen molar-refractivity contribution in [2.24, 2.45) is 5.92 Å². The Morgan fingerprint density at radius 2 is 1.96 bits per heavy atom. The van der Waals surface area contributed by atoms with Crippen LogP contribution in [-0.4, -0.2) is 84.4 Å². The number of aliphatic carboxylic acids is 1. The number of likely N-dealkylation sites (tertiary alicyclic amines) is 1. The number of sulfone groups is 1. The number of carboxylic acids is 1. The van der Waals surface area contributed by atoms with Gasteiger partial charge in [-0.1, -0.05) is 0 Å². The van der Waals surface area contributed by atoms with E-state index < -0.39 is 21.1 Å². The summed E-state index contributed by atoms with van der Waals surface area (Å²) in [5, 5.41) is 7.01. The molecular weight excluding hydrogens is 334 g/mol. The molecule has 134 valence electrons. The van der Waals surface area contributed by atoms with E-state index in [1.165, 1.54) is 0 Å². The van der Waals surface area contributed by atoms with Gasteiger partial charge in [-0.25, -0.2) is 8.42 Å². The molecule has 1 aromatic heterocycles. The first kappa shape index (κ1) is 18.5. The number of nitrogens with zero attached hydrogens (tertiary/aromatic N) is 2. The van der Waals surface area contributed by atoms with Crippen molar-refractivity contribution < 1.29 is 23.1 Å². The molecule has 2 N–H and O–H groups in total. The van der Waals surface area contributed by atoms with Crippen LogP contribution in [0.5, 0.6) is 0 Å². The maximum absolute atomic E-state index is 12.3. The maximum Gasteiger partial charge on any atom is 0.300 e. The molecule has 3 heterocycles. The molecule has 0 spiro atoms. The Morgan fingerprint density at radius 1 is 1.33 bits per heavy atom. The van der Waals surface area contributed by atoms with Gasteiger partial charge in [-0.05, 0) is 26.2 Å². The lowest BCUT2D eigenvalue weighted by molar-refractivity contribution is -0.134. The number of fused-ring (bicyclic) bond motifs is 1. The van der Waals surface area contributed by atoms with E-state index in [0.717, 1.165) is 6.92 Å². The number of carbonyl (C=O) groups is 2. The summed E-state index contributed by atoms with van der Waals surface area (Å²) in [5.74, 6) is -0.717. The highest BCUT2D eigenvalue weighted by Gasteiger charge is 2.53. The van der Waals surface area contributed by atoms with Gasteiger partial charge in [0.15, 0.2) is 9.84 Å². The van der Waals surface area contributed by atoms with E-state index in [2.05, 4.69) is 4.98 Å². The smallest absolute Gasteiger partial charge is 0.300 e. The van der Waals surface area contributed by atoms with Gasteiger partial charge in [-0.2, -0.15) is 0 Å². The highest BCUT2D eigenvalue weighted by Crippen LogP contribution is 2.36. The third kappa shape index (κ3) is 3.78. The molecule has 0 unspecified atom stereocenters. The van der Waals surface area contributed by atoms with Crippen LogP contribution in [0.3, 0.4) is 0 Å². The summed E-state index contributed by atoms with van der Waals surface area (Å²) < 4.78 is 24.5. The predicted octanol–water partition coefficient (Wildman–Crippen LogP) is -0.0952. The zero-order valence-electron chi connectivity index (χ0n) is 14.0. The molecule has 1 amide bonds. The number of carboxylic acid groups (broad SMARTS) is 1. The Labute approximate surface area is 141 Å². The first-order valence-electron chi connectivity index (χ1n) is 7.63. The van der Waals surface area contributed by atoms with Gasteiger partial charge in [0.2, 0.25) is 0 Å². The molecule has 2 fully saturated rings. The van der Waals surface area contributed by atoms with Crippen molar-refractivity contribution in [2.45, 2.75) is 18.2 Å². The van der Waals surface area contributed by atoms with E-state index in [1.807, 2.05) is 19.0 Å². The second-order valence-corrected chi connectivity index (χ2v) is 8.64. The van der Waals surface area contributed by atoms with Crippen LogP contribution in [0, 0.1) is 5.92 Å². The van der Waals surface area contributed by atoms with Gasteiger partial charge in [-0.15, -0.1) is 0 Å². The number of hydrogen-bond acceptors (Lipinski definition) is 5. The number of nitrogens with one attached hydrogen (secondary N) is 1. The number of aromatic nitrogens is 1. The van der Waals surface area contributed by atoms with Crippen molar-refractivity contribution in [1.82, 2.24) is 14.8 Å². The van der Waals surface area contributed by atoms with E-state index in [-0.39, 0.29) is 23.6 Å². The summed E-state index contributed by atoms with van der Waals surface area (Å²) >= 11 is 0. The van der Waals surface area contributed by atoms with Crippen molar-refractivity contribution in [1.29, 1.82) is 0 Å². The lowest BCUT2D eigenvalue weighted by Gasteiger charge is -2.24. The zero-order valence-corrected chi connectivity index (χ0v) is 14.8. The van der Waals surface area contributed by atoms with Gasteiger partial charge < -0.3 is 19.9 Å². The van der Waals surface area contributed by atoms with Gasteiger partial charge in [0.1, 0.15) is 5.69 Å². The quantitative estimate of drug-likeness (QED) is 0.765. The first-order chi connectivity index (χ1) is 11.1. The van der Waals surface area contributed by atoms with Crippen LogP contribution in [-0.2, 0) is 14.6 Å². The summed E-state index contributed by atoms with van der Waals surface area (Å²) in [6.45, 7) is 1.92. The molecule has 0 aromatic carbocycles. The third-order valence-electron chi connectivity index (χ3n) is 4.45. The average Bonchev–Trinajstić information content (AvgIpc) is 3.15. The molecule has 1 aromatic rings. The van der Waals surface area contributed by atoms with E-state index in [4.69, 9.17) is 9.90 Å². The van der Waals surface area contributed by atoms with Gasteiger partial charge in [0, 0.05) is 38.2 Å². The molecule has 24 heavy (non-hydrogen) atoms. The highest BCUT2D eigenvalue weighted by atomic mass is 32.2. The third-order valence-corrected chi connectivity index (χ3v) is 6.67. The number of rotatable bonds is 2. The summed E-state index contributed by atoms with van der Waals surface area (Å²) in [5.41, 5.74) is 0.517. The second kappa shape index (κ2) is 6.94. The number of H-pyrrole nitrogens is 1. The fourth-order valence-electron chi connectivity index (χ4n) is 3.37. The highest BCUT2D eigenvalue weighted by molar-refractivity contribution is 7.92. The van der Waals surface area contributed by atoms with E-state index in [1.54, 1.807) is 23.2 Å². The largest absolute Gasteiger partial charge is 0.481 e. The SMILES string of the molecule is CC(=O)O.CN(C)[C@@H]1CS(=O)(=O)[C@H]2CN(C(=O)c3ccc[nH]3)C[C@@H]12. The molecule has 3 atom stereocenters. The molecule has 2 aliphatic rings. The van der Waals surface area contributed by atoms with Gasteiger partial charge in [0.05, 0.1) is 11.0 Å². The minimum Gasteiger partial charge on any atom is -0.481 e. The number of carbonyl (C=O) groups excluding carboxylic acids is 1. The standard InChI is InChI=1S/C13H19N3O3S.C2H4O2/c1-15(2)11-8-20(18,19)12-7-16(6-9(11)12)13(17)10-4-3-5-14-10;1-2(3)4/h3-5,9,11-12,14H,6-8H2,1-2H3;1H3,(H,3,4)/t9-,11+,12-;/m0./s1. The summed E-state index contributed by atoms with van der Waals surface area (Å²) in [4.78, 5) is 27.8. The van der Waals surface area contributed by atoms with Crippen molar-refractivity contribution in [3.8, 4) is 0 Å². The van der Waals surface area contributed by atoms with Crippen LogP contribution in [0.15, 0.2) is 18.3 Å². The molecule has 0 saturated carbocycles. The van der Waals surface area contributed by atoms with Crippen molar-refractivity contribution in [3.63, 3.8) is 0 Å². The lowest BCUT2D eigenvalue weighted by atomic mass is 10.00. The van der Waals surface area contributed by atoms with Gasteiger partial charge >= 0.3 is 0 Å². The summed E-state index contributed by atoms with van der Waals surface area (Å²) in [6.07, 6.45) is 1.70. The Hall–Kier alpha value is -1.87. The Kier molecular flexibility index (Phi) is 5.34. The second-order valence-electron chi connectivity index (χ2n) is 6.38. The predicted molar refractivity (Wildman–Crippen MR) is 88.5 cm³/mol. The molecule has 2 aliphatic heterocycles. The monoisotopic (exact) mass is 357 g/mol. The van der Waals surface area contributed by atoms with Crippen molar-refractivity contribution in [2.75, 3.05) is 32.9 Å². The Balaban J connectivity index is 0.000000471. The van der Waals surface area contributed by atoms with Crippen LogP contribution < -0.4 is 0 Å². The van der Waals surface area contributed by atoms with Crippen LogP contribution >= 0.6 is 0 Å². The number of hydrogen-bond donors (Lipinski definition) is 2. The van der Waals surface area contributed by atoms with Crippen LogP contribution in [0.2, 0.25) is 0 Å². The van der Waals surface area contributed by atoms with Crippen LogP contribution in [0.1, 0.15) is 17.4 Å². The first-order valence-corrected chi connectivity index (χ1v) is 9.35. The number of aromatic amines is 1. The molecule has 3 rings (SSSR count).